The van der Waals surface area contributed by atoms with Crippen LogP contribution in [0.5, 0.6) is 0 Å². The Bertz CT molecular complexity index is 474. The van der Waals surface area contributed by atoms with E-state index in [2.05, 4.69) is 5.32 Å². The summed E-state index contributed by atoms with van der Waals surface area (Å²) in [5.74, 6) is 0.345. The molecule has 7 nitrogen and oxygen atoms in total. The number of nitrogens with zero attached hydrogens (tertiary/aromatic N) is 1. The van der Waals surface area contributed by atoms with Crippen LogP contribution in [-0.4, -0.2) is 44.3 Å². The Hall–Kier alpha value is -0.410. The van der Waals surface area contributed by atoms with Crippen molar-refractivity contribution in [1.82, 2.24) is 9.62 Å². The number of amides is 1. The van der Waals surface area contributed by atoms with Crippen LogP contribution < -0.4 is 16.2 Å². The number of piperidine rings is 1. The Morgan fingerprint density at radius 3 is 2.17 bits per heavy atom. The van der Waals surface area contributed by atoms with E-state index in [0.717, 1.165) is 12.8 Å². The summed E-state index contributed by atoms with van der Waals surface area (Å²) in [7, 11) is -3.64. The number of carbonyl (C=O) groups is 1. The molecule has 0 radical (unpaired) electrons. The molecule has 0 aromatic heterocycles. The van der Waals surface area contributed by atoms with Gasteiger partial charge in [-0.1, -0.05) is 19.3 Å². The van der Waals surface area contributed by atoms with Gasteiger partial charge in [-0.25, -0.2) is 5.14 Å². The molecule has 1 aliphatic heterocycles. The Morgan fingerprint density at radius 2 is 1.70 bits per heavy atom. The number of halogens is 1. The van der Waals surface area contributed by atoms with Gasteiger partial charge >= 0.3 is 0 Å². The lowest BCUT2D eigenvalue weighted by Crippen LogP contribution is -2.50. The summed E-state index contributed by atoms with van der Waals surface area (Å²) in [6, 6.07) is 0.0454. The van der Waals surface area contributed by atoms with Crippen molar-refractivity contribution >= 4 is 28.5 Å². The van der Waals surface area contributed by atoms with Crippen LogP contribution in [0.3, 0.4) is 0 Å². The monoisotopic (exact) mass is 368 g/mol. The van der Waals surface area contributed by atoms with Crippen LogP contribution in [0.1, 0.15) is 44.9 Å². The third-order valence-corrected chi connectivity index (χ3v) is 6.07. The fourth-order valence-corrected chi connectivity index (χ4v) is 4.30. The lowest BCUT2D eigenvalue weighted by atomic mass is 9.83. The van der Waals surface area contributed by atoms with Crippen LogP contribution in [0, 0.1) is 11.8 Å². The normalized spacial score (nSPS) is 23.0. The fraction of sp³-hybridized carbons (Fsp3) is 0.929. The van der Waals surface area contributed by atoms with Crippen molar-refractivity contribution < 1.29 is 13.2 Å². The molecule has 2 fully saturated rings. The van der Waals surface area contributed by atoms with Gasteiger partial charge in [0.2, 0.25) is 5.91 Å². The van der Waals surface area contributed by atoms with E-state index >= 15 is 0 Å². The smallest absolute Gasteiger partial charge is 0.276 e. The van der Waals surface area contributed by atoms with Crippen molar-refractivity contribution in [3.63, 3.8) is 0 Å². The highest BCUT2D eigenvalue weighted by atomic mass is 35.5. The van der Waals surface area contributed by atoms with Gasteiger partial charge in [-0.05, 0) is 31.6 Å². The molecule has 1 atom stereocenters. The number of rotatable bonds is 5. The van der Waals surface area contributed by atoms with E-state index in [1.165, 1.54) is 23.6 Å². The van der Waals surface area contributed by atoms with Gasteiger partial charge in [-0.15, -0.1) is 12.4 Å². The van der Waals surface area contributed by atoms with Crippen molar-refractivity contribution in [2.75, 3.05) is 19.6 Å². The third-order valence-electron chi connectivity index (χ3n) is 4.99. The van der Waals surface area contributed by atoms with E-state index in [9.17, 15) is 13.2 Å². The molecule has 0 spiro atoms. The summed E-state index contributed by atoms with van der Waals surface area (Å²) in [6.45, 7) is 1.09. The lowest BCUT2D eigenvalue weighted by Gasteiger charge is -2.33. The Morgan fingerprint density at radius 1 is 1.13 bits per heavy atom. The second-order valence-corrected chi connectivity index (χ2v) is 8.01. The summed E-state index contributed by atoms with van der Waals surface area (Å²) >= 11 is 0. The van der Waals surface area contributed by atoms with E-state index in [1.54, 1.807) is 0 Å². The van der Waals surface area contributed by atoms with Crippen LogP contribution in [0.15, 0.2) is 0 Å². The van der Waals surface area contributed by atoms with Gasteiger partial charge in [0.05, 0.1) is 0 Å². The molecule has 0 aromatic rings. The molecule has 1 unspecified atom stereocenters. The lowest BCUT2D eigenvalue weighted by molar-refractivity contribution is -0.127. The van der Waals surface area contributed by atoms with E-state index in [0.29, 0.717) is 38.4 Å². The summed E-state index contributed by atoms with van der Waals surface area (Å²) in [5, 5.41) is 8.21. The molecule has 2 aliphatic rings. The zero-order valence-corrected chi connectivity index (χ0v) is 15.1. The van der Waals surface area contributed by atoms with Crippen molar-refractivity contribution in [2.24, 2.45) is 22.7 Å². The minimum atomic E-state index is -3.64. The Labute approximate surface area is 145 Å². The molecule has 9 heteroatoms. The van der Waals surface area contributed by atoms with Crippen molar-refractivity contribution in [2.45, 2.75) is 51.0 Å². The van der Waals surface area contributed by atoms with Crippen molar-refractivity contribution in [3.05, 3.63) is 0 Å². The average Bonchev–Trinajstić information content (AvgIpc) is 2.52. The molecule has 1 heterocycles. The average molecular weight is 369 g/mol. The highest BCUT2D eigenvalue weighted by molar-refractivity contribution is 7.86. The molecular formula is C14H29ClN4O3S. The number of carbonyl (C=O) groups excluding carboxylic acids is 1. The maximum atomic E-state index is 12.4. The van der Waals surface area contributed by atoms with Crippen LogP contribution in [-0.2, 0) is 15.0 Å². The Balaban J connectivity index is 0.00000264. The minimum Gasteiger partial charge on any atom is -0.352 e. The molecular weight excluding hydrogens is 340 g/mol. The molecule has 0 aromatic carbocycles. The van der Waals surface area contributed by atoms with Crippen LogP contribution in [0.4, 0.5) is 0 Å². The maximum absolute atomic E-state index is 12.4. The summed E-state index contributed by atoms with van der Waals surface area (Å²) < 4.78 is 23.8. The van der Waals surface area contributed by atoms with Crippen LogP contribution in [0.25, 0.3) is 0 Å². The number of hydrogen-bond acceptors (Lipinski definition) is 4. The van der Waals surface area contributed by atoms with E-state index in [1.807, 2.05) is 0 Å². The highest BCUT2D eigenvalue weighted by Gasteiger charge is 2.31. The van der Waals surface area contributed by atoms with E-state index in [-0.39, 0.29) is 30.3 Å². The topological polar surface area (TPSA) is 119 Å². The molecule has 136 valence electrons. The molecule has 23 heavy (non-hydrogen) atoms. The van der Waals surface area contributed by atoms with Gasteiger partial charge in [-0.3, -0.25) is 4.79 Å². The van der Waals surface area contributed by atoms with Gasteiger partial charge in [0, 0.05) is 31.6 Å². The Kier molecular flexibility index (Phi) is 8.23. The first-order chi connectivity index (χ1) is 10.4. The van der Waals surface area contributed by atoms with Crippen molar-refractivity contribution in [3.8, 4) is 0 Å². The standard InChI is InChI=1S/C14H28N4O3S.ClH/c15-10-13(11-4-2-1-3-5-11)17-14(19)12-6-8-18(9-7-12)22(16,20)21;/h11-13H,1-10,15H2,(H,17,19)(H2,16,20,21);1H. The molecule has 1 saturated heterocycles. The predicted molar refractivity (Wildman–Crippen MR) is 92.2 cm³/mol. The molecule has 1 amide bonds. The van der Waals surface area contributed by atoms with E-state index in [4.69, 9.17) is 10.9 Å². The second-order valence-electron chi connectivity index (χ2n) is 6.47. The largest absolute Gasteiger partial charge is 0.352 e. The van der Waals surface area contributed by atoms with Gasteiger partial charge in [0.25, 0.3) is 10.2 Å². The SMILES string of the molecule is Cl.NCC(NC(=O)C1CCN(S(N)(=O)=O)CC1)C1CCCCC1. The van der Waals surface area contributed by atoms with Crippen molar-refractivity contribution in [1.29, 1.82) is 0 Å². The quantitative estimate of drug-likeness (QED) is 0.648. The van der Waals surface area contributed by atoms with Crippen LogP contribution in [0.2, 0.25) is 0 Å². The first-order valence-electron chi connectivity index (χ1n) is 8.20. The maximum Gasteiger partial charge on any atom is 0.276 e. The predicted octanol–water partition coefficient (Wildman–Crippen LogP) is 0.348. The first-order valence-corrected chi connectivity index (χ1v) is 9.70. The van der Waals surface area contributed by atoms with Gasteiger partial charge < -0.3 is 11.1 Å². The zero-order chi connectivity index (χ0) is 16.2. The summed E-state index contributed by atoms with van der Waals surface area (Å²) in [5.41, 5.74) is 5.84. The van der Waals surface area contributed by atoms with Gasteiger partial charge in [0.15, 0.2) is 0 Å². The molecule has 2 rings (SSSR count). The molecule has 0 bridgehead atoms. The summed E-state index contributed by atoms with van der Waals surface area (Å²) in [4.78, 5) is 12.4. The van der Waals surface area contributed by atoms with Gasteiger partial charge in [-0.2, -0.15) is 12.7 Å². The molecule has 1 saturated carbocycles. The zero-order valence-electron chi connectivity index (χ0n) is 13.4. The van der Waals surface area contributed by atoms with Gasteiger partial charge in [0.1, 0.15) is 0 Å². The minimum absolute atomic E-state index is 0. The third kappa shape index (κ3) is 5.86. The highest BCUT2D eigenvalue weighted by Crippen LogP contribution is 2.27. The molecule has 5 N–H and O–H groups in total. The van der Waals surface area contributed by atoms with E-state index < -0.39 is 10.2 Å². The molecule has 1 aliphatic carbocycles. The van der Waals surface area contributed by atoms with Crippen LogP contribution >= 0.6 is 12.4 Å². The number of hydrogen-bond donors (Lipinski definition) is 3. The fourth-order valence-electron chi connectivity index (χ4n) is 3.58. The number of nitrogens with two attached hydrogens (primary N) is 2. The number of nitrogens with one attached hydrogen (secondary N) is 1. The first kappa shape index (κ1) is 20.6. The second kappa shape index (κ2) is 9.17. The summed E-state index contributed by atoms with van der Waals surface area (Å²) in [6.07, 6.45) is 6.99.